The summed E-state index contributed by atoms with van der Waals surface area (Å²) in [7, 11) is 0. The fourth-order valence-electron chi connectivity index (χ4n) is 3.31. The maximum atomic E-state index is 14.6. The second-order valence-electron chi connectivity index (χ2n) is 7.27. The predicted molar refractivity (Wildman–Crippen MR) is 119 cm³/mol. The van der Waals surface area contributed by atoms with Gasteiger partial charge in [-0.2, -0.15) is 0 Å². The number of carbonyl (C=O) groups excluding carboxylic acids is 1. The van der Waals surface area contributed by atoms with Gasteiger partial charge < -0.3 is 19.7 Å². The summed E-state index contributed by atoms with van der Waals surface area (Å²) in [5.74, 6) is -2.03. The zero-order valence-corrected chi connectivity index (χ0v) is 18.0. The Balaban J connectivity index is 1.95. The van der Waals surface area contributed by atoms with Crippen LogP contribution in [0.15, 0.2) is 53.0 Å². The van der Waals surface area contributed by atoms with E-state index in [-0.39, 0.29) is 24.4 Å². The van der Waals surface area contributed by atoms with Crippen molar-refractivity contribution in [2.24, 2.45) is 4.99 Å². The van der Waals surface area contributed by atoms with Crippen LogP contribution in [0, 0.1) is 5.82 Å². The van der Waals surface area contributed by atoms with Gasteiger partial charge in [0.25, 0.3) is 0 Å². The van der Waals surface area contributed by atoms with Crippen LogP contribution in [0.2, 0.25) is 0 Å². The fraction of sp³-hybridized carbons (Fsp3) is 0.333. The summed E-state index contributed by atoms with van der Waals surface area (Å²) in [6, 6.07) is 11.2. The Morgan fingerprint density at radius 3 is 2.72 bits per heavy atom. The van der Waals surface area contributed by atoms with Crippen molar-refractivity contribution < 1.29 is 28.9 Å². The van der Waals surface area contributed by atoms with Crippen molar-refractivity contribution in [1.82, 2.24) is 4.90 Å². The first-order valence-electron chi connectivity index (χ1n) is 10.4. The molecule has 3 rings (SSSR count). The van der Waals surface area contributed by atoms with Crippen molar-refractivity contribution in [2.45, 2.75) is 20.1 Å². The number of aliphatic hydroxyl groups excluding tert-OH is 2. The predicted octanol–water partition coefficient (Wildman–Crippen LogP) is 3.38. The van der Waals surface area contributed by atoms with Crippen LogP contribution in [0.25, 0.3) is 5.76 Å². The first-order valence-corrected chi connectivity index (χ1v) is 10.4. The molecule has 0 unspecified atom stereocenters. The zero-order valence-electron chi connectivity index (χ0n) is 18.0. The molecule has 0 spiro atoms. The Hall–Kier alpha value is -3.07. The molecule has 0 aromatic heterocycles. The van der Waals surface area contributed by atoms with Crippen LogP contribution in [0.3, 0.4) is 0 Å². The number of ether oxygens (including phenoxy) is 2. The number of aliphatic imine (C=N–C) groups is 1. The highest BCUT2D eigenvalue weighted by Gasteiger charge is 2.20. The number of morpholine rings is 1. The molecule has 0 saturated carbocycles. The number of carbonyl (C=O) groups is 1. The summed E-state index contributed by atoms with van der Waals surface area (Å²) >= 11 is 0. The maximum Gasteiger partial charge on any atom is 0.343 e. The number of hydrogen-bond acceptors (Lipinski definition) is 7. The van der Waals surface area contributed by atoms with Crippen molar-refractivity contribution in [3.05, 3.63) is 70.5 Å². The van der Waals surface area contributed by atoms with E-state index in [2.05, 4.69) is 9.89 Å². The third-order valence-electron chi connectivity index (χ3n) is 4.98. The van der Waals surface area contributed by atoms with Crippen molar-refractivity contribution in [3.63, 3.8) is 0 Å². The quantitative estimate of drug-likeness (QED) is 0.282. The van der Waals surface area contributed by atoms with Crippen molar-refractivity contribution in [2.75, 3.05) is 32.9 Å². The smallest absolute Gasteiger partial charge is 0.343 e. The van der Waals surface area contributed by atoms with Crippen LogP contribution >= 0.6 is 0 Å². The minimum atomic E-state index is -0.815. The molecule has 1 fully saturated rings. The molecular formula is C24H27FN2O5. The summed E-state index contributed by atoms with van der Waals surface area (Å²) in [6.45, 7) is 4.95. The van der Waals surface area contributed by atoms with E-state index in [4.69, 9.17) is 9.47 Å². The number of hydrogen-bond donors (Lipinski definition) is 2. The third kappa shape index (κ3) is 6.23. The van der Waals surface area contributed by atoms with Gasteiger partial charge in [-0.25, -0.2) is 9.18 Å². The van der Waals surface area contributed by atoms with Crippen molar-refractivity contribution in [3.8, 4) is 0 Å². The van der Waals surface area contributed by atoms with Crippen LogP contribution in [-0.4, -0.2) is 60.2 Å². The average molecular weight is 442 g/mol. The monoisotopic (exact) mass is 442 g/mol. The number of nitrogens with zero attached hydrogens (tertiary/aromatic N) is 2. The van der Waals surface area contributed by atoms with Crippen LogP contribution < -0.4 is 0 Å². The van der Waals surface area contributed by atoms with Crippen LogP contribution in [0.4, 0.5) is 10.1 Å². The Bertz CT molecular complexity index is 1000. The number of halogens is 1. The number of benzene rings is 2. The van der Waals surface area contributed by atoms with Gasteiger partial charge in [0.2, 0.25) is 0 Å². The lowest BCUT2D eigenvalue weighted by molar-refractivity contribution is -0.137. The standard InChI is InChI=1S/C24H27FN2O5/c1-2-32-24(30)21(14-26-19-5-3-4-18(12-19)16-28)23(29)20-13-17(6-7-22(20)25)15-27-8-10-31-11-9-27/h3-7,12-14,28-29H,2,8-11,15-16H2,1H3. The second-order valence-corrected chi connectivity index (χ2v) is 7.27. The molecule has 0 aliphatic carbocycles. The number of esters is 1. The molecule has 170 valence electrons. The summed E-state index contributed by atoms with van der Waals surface area (Å²) in [5, 5.41) is 20.1. The molecule has 1 aliphatic heterocycles. The van der Waals surface area contributed by atoms with Gasteiger partial charge in [-0.15, -0.1) is 0 Å². The van der Waals surface area contributed by atoms with Crippen molar-refractivity contribution >= 4 is 23.6 Å². The molecule has 7 nitrogen and oxygen atoms in total. The molecule has 8 heteroatoms. The molecule has 2 aromatic carbocycles. The lowest BCUT2D eigenvalue weighted by Crippen LogP contribution is -2.35. The van der Waals surface area contributed by atoms with Gasteiger partial charge in [-0.3, -0.25) is 9.89 Å². The molecule has 0 atom stereocenters. The third-order valence-corrected chi connectivity index (χ3v) is 4.98. The van der Waals surface area contributed by atoms with Gasteiger partial charge in [-0.1, -0.05) is 18.2 Å². The van der Waals surface area contributed by atoms with E-state index in [0.29, 0.717) is 31.0 Å². The molecular weight excluding hydrogens is 415 g/mol. The fourth-order valence-corrected chi connectivity index (χ4v) is 3.31. The van der Waals surface area contributed by atoms with E-state index in [0.717, 1.165) is 24.9 Å². The topological polar surface area (TPSA) is 91.6 Å². The number of aliphatic hydroxyl groups is 2. The van der Waals surface area contributed by atoms with Gasteiger partial charge in [-0.05, 0) is 42.3 Å². The Morgan fingerprint density at radius 2 is 2.00 bits per heavy atom. The van der Waals surface area contributed by atoms with Crippen LogP contribution in [-0.2, 0) is 27.4 Å². The van der Waals surface area contributed by atoms with E-state index < -0.39 is 17.5 Å². The molecule has 1 heterocycles. The SMILES string of the molecule is CCOC(=O)C(C=Nc1cccc(CO)c1)=C(O)c1cc(CN2CCOCC2)ccc1F. The molecule has 0 amide bonds. The van der Waals surface area contributed by atoms with Gasteiger partial charge in [0.15, 0.2) is 0 Å². The van der Waals surface area contributed by atoms with E-state index in [1.807, 2.05) is 0 Å². The zero-order chi connectivity index (χ0) is 22.9. The van der Waals surface area contributed by atoms with Crippen molar-refractivity contribution in [1.29, 1.82) is 0 Å². The largest absolute Gasteiger partial charge is 0.506 e. The van der Waals surface area contributed by atoms with E-state index in [1.54, 1.807) is 37.3 Å². The Morgan fingerprint density at radius 1 is 1.22 bits per heavy atom. The molecule has 0 bridgehead atoms. The molecule has 1 saturated heterocycles. The van der Waals surface area contributed by atoms with Gasteiger partial charge in [0.1, 0.15) is 17.1 Å². The molecule has 32 heavy (non-hydrogen) atoms. The minimum absolute atomic E-state index is 0.0863. The highest BCUT2D eigenvalue weighted by Crippen LogP contribution is 2.23. The van der Waals surface area contributed by atoms with Crippen LogP contribution in [0.1, 0.15) is 23.6 Å². The second kappa shape index (κ2) is 11.5. The summed E-state index contributed by atoms with van der Waals surface area (Å²) in [6.07, 6.45) is 1.15. The minimum Gasteiger partial charge on any atom is -0.506 e. The lowest BCUT2D eigenvalue weighted by Gasteiger charge is -2.26. The maximum absolute atomic E-state index is 14.6. The highest BCUT2D eigenvalue weighted by atomic mass is 19.1. The first-order chi connectivity index (χ1) is 15.5. The molecule has 0 radical (unpaired) electrons. The van der Waals surface area contributed by atoms with Gasteiger partial charge >= 0.3 is 5.97 Å². The van der Waals surface area contributed by atoms with Crippen LogP contribution in [0.5, 0.6) is 0 Å². The Kier molecular flexibility index (Phi) is 8.49. The molecule has 2 aromatic rings. The normalized spacial score (nSPS) is 15.6. The van der Waals surface area contributed by atoms with E-state index in [1.165, 1.54) is 12.1 Å². The van der Waals surface area contributed by atoms with Gasteiger partial charge in [0.05, 0.1) is 37.7 Å². The lowest BCUT2D eigenvalue weighted by atomic mass is 10.0. The summed E-state index contributed by atoms with van der Waals surface area (Å²) in [5.41, 5.74) is 1.55. The van der Waals surface area contributed by atoms with E-state index in [9.17, 15) is 19.4 Å². The Labute approximate surface area is 186 Å². The average Bonchev–Trinajstić information content (AvgIpc) is 2.81. The highest BCUT2D eigenvalue weighted by molar-refractivity contribution is 6.15. The number of rotatable bonds is 8. The molecule has 1 aliphatic rings. The van der Waals surface area contributed by atoms with Gasteiger partial charge in [0, 0.05) is 25.8 Å². The molecule has 2 N–H and O–H groups in total. The first kappa shape index (κ1) is 23.6. The van der Waals surface area contributed by atoms with E-state index >= 15 is 0 Å². The summed E-state index contributed by atoms with van der Waals surface area (Å²) in [4.78, 5) is 18.9. The summed E-state index contributed by atoms with van der Waals surface area (Å²) < 4.78 is 25.0.